The summed E-state index contributed by atoms with van der Waals surface area (Å²) in [6.45, 7) is 2.63. The molecular weight excluding hydrogens is 230 g/mol. The molecule has 0 spiro atoms. The molecule has 17 heavy (non-hydrogen) atoms. The Balaban J connectivity index is 2.15. The van der Waals surface area contributed by atoms with Crippen LogP contribution >= 0.6 is 12.2 Å². The molecule has 1 heterocycles. The summed E-state index contributed by atoms with van der Waals surface area (Å²) in [6, 6.07) is 8.33. The number of carbonyl (C=O) groups is 1. The summed E-state index contributed by atoms with van der Waals surface area (Å²) in [4.78, 5) is 14.5. The minimum absolute atomic E-state index is 0.302. The SMILES string of the molecule is CCC(=O)CCN1C(=S)CCc2ccccc21. The van der Waals surface area contributed by atoms with Crippen LogP contribution in [0.15, 0.2) is 24.3 Å². The van der Waals surface area contributed by atoms with Crippen LogP contribution in [0.25, 0.3) is 0 Å². The van der Waals surface area contributed by atoms with Gasteiger partial charge in [-0.3, -0.25) is 4.79 Å². The molecule has 1 aliphatic heterocycles. The highest BCUT2D eigenvalue weighted by Crippen LogP contribution is 2.28. The highest BCUT2D eigenvalue weighted by atomic mass is 32.1. The van der Waals surface area contributed by atoms with E-state index in [1.807, 2.05) is 13.0 Å². The summed E-state index contributed by atoms with van der Waals surface area (Å²) in [5, 5.41) is 0. The summed E-state index contributed by atoms with van der Waals surface area (Å²) in [6.07, 6.45) is 3.15. The second-order valence-electron chi connectivity index (χ2n) is 4.32. The number of fused-ring (bicyclic) bond motifs is 1. The van der Waals surface area contributed by atoms with Gasteiger partial charge in [0.05, 0.1) is 4.99 Å². The van der Waals surface area contributed by atoms with Crippen molar-refractivity contribution in [2.75, 3.05) is 11.4 Å². The maximum Gasteiger partial charge on any atom is 0.134 e. The Morgan fingerprint density at radius 2 is 2.12 bits per heavy atom. The van der Waals surface area contributed by atoms with Crippen LogP contribution in [0.3, 0.4) is 0 Å². The third-order valence-corrected chi connectivity index (χ3v) is 3.62. The van der Waals surface area contributed by atoms with E-state index in [4.69, 9.17) is 12.2 Å². The fourth-order valence-electron chi connectivity index (χ4n) is 2.15. The van der Waals surface area contributed by atoms with Crippen molar-refractivity contribution in [2.45, 2.75) is 32.6 Å². The Morgan fingerprint density at radius 1 is 1.35 bits per heavy atom. The zero-order chi connectivity index (χ0) is 12.3. The summed E-state index contributed by atoms with van der Waals surface area (Å²) in [7, 11) is 0. The number of hydrogen-bond acceptors (Lipinski definition) is 2. The molecule has 2 nitrogen and oxygen atoms in total. The molecule has 3 heteroatoms. The molecule has 0 radical (unpaired) electrons. The third kappa shape index (κ3) is 2.72. The lowest BCUT2D eigenvalue weighted by atomic mass is 10.0. The van der Waals surface area contributed by atoms with Gasteiger partial charge in [0.25, 0.3) is 0 Å². The first kappa shape index (κ1) is 12.2. The van der Waals surface area contributed by atoms with E-state index in [0.717, 1.165) is 24.4 Å². The molecule has 2 rings (SSSR count). The molecule has 0 saturated heterocycles. The Hall–Kier alpha value is -1.22. The number of nitrogens with zero attached hydrogens (tertiary/aromatic N) is 1. The van der Waals surface area contributed by atoms with E-state index in [0.29, 0.717) is 18.6 Å². The number of thiocarbonyl (C=S) groups is 1. The molecule has 90 valence electrons. The number of ketones is 1. The van der Waals surface area contributed by atoms with Gasteiger partial charge in [-0.25, -0.2) is 0 Å². The van der Waals surface area contributed by atoms with Crippen molar-refractivity contribution in [3.63, 3.8) is 0 Å². The van der Waals surface area contributed by atoms with Crippen molar-refractivity contribution in [1.29, 1.82) is 0 Å². The lowest BCUT2D eigenvalue weighted by Crippen LogP contribution is -2.35. The van der Waals surface area contributed by atoms with Gasteiger partial charge in [-0.2, -0.15) is 0 Å². The number of anilines is 1. The van der Waals surface area contributed by atoms with Gasteiger partial charge in [-0.15, -0.1) is 0 Å². The van der Waals surface area contributed by atoms with Gasteiger partial charge in [0.2, 0.25) is 0 Å². The van der Waals surface area contributed by atoms with Gasteiger partial charge in [0.15, 0.2) is 0 Å². The molecular formula is C14H17NOS. The van der Waals surface area contributed by atoms with Crippen LogP contribution in [0, 0.1) is 0 Å². The van der Waals surface area contributed by atoms with E-state index in [2.05, 4.69) is 23.1 Å². The van der Waals surface area contributed by atoms with Crippen molar-refractivity contribution in [2.24, 2.45) is 0 Å². The first-order valence-corrected chi connectivity index (χ1v) is 6.53. The molecule has 0 aromatic heterocycles. The molecule has 0 atom stereocenters. The fourth-order valence-corrected chi connectivity index (χ4v) is 2.45. The standard InChI is InChI=1S/C14H17NOS/c1-2-12(16)9-10-15-13-6-4-3-5-11(13)7-8-14(15)17/h3-6H,2,7-10H2,1H3. The van der Waals surface area contributed by atoms with Crippen LogP contribution in [0.2, 0.25) is 0 Å². The monoisotopic (exact) mass is 247 g/mol. The van der Waals surface area contributed by atoms with E-state index in [-0.39, 0.29) is 0 Å². The van der Waals surface area contributed by atoms with Crippen molar-refractivity contribution < 1.29 is 4.79 Å². The Morgan fingerprint density at radius 3 is 2.88 bits per heavy atom. The summed E-state index contributed by atoms with van der Waals surface area (Å²) in [5.41, 5.74) is 2.53. The minimum atomic E-state index is 0.302. The van der Waals surface area contributed by atoms with E-state index >= 15 is 0 Å². The average molecular weight is 247 g/mol. The van der Waals surface area contributed by atoms with E-state index < -0.39 is 0 Å². The van der Waals surface area contributed by atoms with Gasteiger partial charge in [0.1, 0.15) is 5.78 Å². The molecule has 0 bridgehead atoms. The van der Waals surface area contributed by atoms with Gasteiger partial charge in [-0.1, -0.05) is 37.3 Å². The van der Waals surface area contributed by atoms with Crippen LogP contribution in [0.1, 0.15) is 31.7 Å². The van der Waals surface area contributed by atoms with Crippen molar-refractivity contribution in [3.05, 3.63) is 29.8 Å². The molecule has 0 N–H and O–H groups in total. The van der Waals surface area contributed by atoms with Crippen molar-refractivity contribution in [3.8, 4) is 0 Å². The van der Waals surface area contributed by atoms with Crippen LogP contribution in [-0.4, -0.2) is 17.3 Å². The quantitative estimate of drug-likeness (QED) is 0.762. The Bertz CT molecular complexity index is 442. The van der Waals surface area contributed by atoms with Crippen molar-refractivity contribution >= 4 is 28.7 Å². The van der Waals surface area contributed by atoms with E-state index in [9.17, 15) is 4.79 Å². The molecule has 0 amide bonds. The zero-order valence-corrected chi connectivity index (χ0v) is 10.9. The summed E-state index contributed by atoms with van der Waals surface area (Å²) < 4.78 is 0. The lowest BCUT2D eigenvalue weighted by molar-refractivity contribution is -0.118. The van der Waals surface area contributed by atoms with E-state index in [1.165, 1.54) is 11.3 Å². The number of rotatable bonds is 4. The fraction of sp³-hybridized carbons (Fsp3) is 0.429. The van der Waals surface area contributed by atoms with Gasteiger partial charge in [-0.05, 0) is 18.1 Å². The highest BCUT2D eigenvalue weighted by Gasteiger charge is 2.20. The number of Topliss-reactive ketones (excluding diaryl/α,β-unsaturated/α-hetero) is 1. The van der Waals surface area contributed by atoms with E-state index in [1.54, 1.807) is 0 Å². The van der Waals surface area contributed by atoms with Gasteiger partial charge >= 0.3 is 0 Å². The second kappa shape index (κ2) is 5.41. The molecule has 0 aliphatic carbocycles. The normalized spacial score (nSPS) is 14.6. The summed E-state index contributed by atoms with van der Waals surface area (Å²) >= 11 is 5.41. The highest BCUT2D eigenvalue weighted by molar-refractivity contribution is 7.80. The smallest absolute Gasteiger partial charge is 0.134 e. The number of carbonyl (C=O) groups excluding carboxylic acids is 1. The third-order valence-electron chi connectivity index (χ3n) is 3.20. The minimum Gasteiger partial charge on any atom is -0.335 e. The average Bonchev–Trinajstić information content (AvgIpc) is 2.37. The largest absolute Gasteiger partial charge is 0.335 e. The number of aryl methyl sites for hydroxylation is 1. The molecule has 1 aromatic carbocycles. The van der Waals surface area contributed by atoms with Gasteiger partial charge in [0, 0.05) is 31.5 Å². The lowest BCUT2D eigenvalue weighted by Gasteiger charge is -2.31. The predicted molar refractivity (Wildman–Crippen MR) is 74.6 cm³/mol. The van der Waals surface area contributed by atoms with Crippen LogP contribution in [0.5, 0.6) is 0 Å². The first-order valence-electron chi connectivity index (χ1n) is 6.12. The Kier molecular flexibility index (Phi) is 3.89. The maximum absolute atomic E-state index is 11.4. The van der Waals surface area contributed by atoms with Crippen LogP contribution in [0.4, 0.5) is 5.69 Å². The summed E-state index contributed by atoms with van der Waals surface area (Å²) in [5.74, 6) is 0.302. The maximum atomic E-state index is 11.4. The molecule has 1 aromatic rings. The predicted octanol–water partition coefficient (Wildman–Crippen LogP) is 3.14. The van der Waals surface area contributed by atoms with Crippen LogP contribution < -0.4 is 4.90 Å². The number of para-hydroxylation sites is 1. The second-order valence-corrected chi connectivity index (χ2v) is 4.79. The van der Waals surface area contributed by atoms with Gasteiger partial charge < -0.3 is 4.90 Å². The molecule has 1 aliphatic rings. The van der Waals surface area contributed by atoms with Crippen LogP contribution in [-0.2, 0) is 11.2 Å². The first-order chi connectivity index (χ1) is 8.22. The Labute approximate surface area is 108 Å². The molecule has 0 unspecified atom stereocenters. The zero-order valence-electron chi connectivity index (χ0n) is 10.1. The topological polar surface area (TPSA) is 20.3 Å². The van der Waals surface area contributed by atoms with Crippen molar-refractivity contribution in [1.82, 2.24) is 0 Å². The molecule has 0 saturated carbocycles. The number of benzene rings is 1. The molecule has 0 fully saturated rings. The number of hydrogen-bond donors (Lipinski definition) is 0.